The Labute approximate surface area is 139 Å². The molecule has 23 heavy (non-hydrogen) atoms. The lowest BCUT2D eigenvalue weighted by Crippen LogP contribution is -2.57. The Morgan fingerprint density at radius 1 is 1.17 bits per heavy atom. The maximum atomic E-state index is 11.9. The van der Waals surface area contributed by atoms with Gasteiger partial charge in [-0.1, -0.05) is 19.4 Å². The summed E-state index contributed by atoms with van der Waals surface area (Å²) in [7, 11) is 0. The van der Waals surface area contributed by atoms with Crippen LogP contribution in [0.25, 0.3) is 0 Å². The molecular formula is C20H31NO2. The predicted molar refractivity (Wildman–Crippen MR) is 90.7 cm³/mol. The second-order valence-electron chi connectivity index (χ2n) is 9.61. The smallest absolute Gasteiger partial charge is 0.155 e. The minimum Gasteiger partial charge on any atom is -0.392 e. The lowest BCUT2D eigenvalue weighted by Gasteiger charge is -2.59. The molecule has 4 rings (SSSR count). The van der Waals surface area contributed by atoms with Gasteiger partial charge in [0.2, 0.25) is 0 Å². The molecule has 0 saturated heterocycles. The van der Waals surface area contributed by atoms with Gasteiger partial charge in [0.05, 0.1) is 6.10 Å². The molecule has 0 amide bonds. The van der Waals surface area contributed by atoms with Crippen molar-refractivity contribution in [2.75, 3.05) is 0 Å². The zero-order chi connectivity index (χ0) is 16.6. The van der Waals surface area contributed by atoms with E-state index in [2.05, 4.69) is 20.8 Å². The standard InChI is InChI=1S/C20H31NO2/c1-18-8-6-13(22)10-12(18)4-5-14-15(18)7-9-19(2)16(23)11-20(3,21)17(14)19/h10,14-17,23H,4-9,11,21H2,1-3H3/t14-,15+,16+,17+,18+,19-,20?/m1/s1. The third-order valence-electron chi connectivity index (χ3n) is 8.28. The Balaban J connectivity index is 1.74. The lowest BCUT2D eigenvalue weighted by molar-refractivity contribution is -0.118. The summed E-state index contributed by atoms with van der Waals surface area (Å²) in [6.07, 6.45) is 8.56. The number of aliphatic hydroxyl groups excluding tert-OH is 1. The van der Waals surface area contributed by atoms with E-state index >= 15 is 0 Å². The summed E-state index contributed by atoms with van der Waals surface area (Å²) < 4.78 is 0. The van der Waals surface area contributed by atoms with Crippen LogP contribution in [0.2, 0.25) is 0 Å². The number of carbonyl (C=O) groups excluding carboxylic acids is 1. The van der Waals surface area contributed by atoms with Crippen LogP contribution in [0.15, 0.2) is 11.6 Å². The molecule has 0 heterocycles. The largest absolute Gasteiger partial charge is 0.392 e. The van der Waals surface area contributed by atoms with Crippen LogP contribution in [0.3, 0.4) is 0 Å². The summed E-state index contributed by atoms with van der Waals surface area (Å²) in [4.78, 5) is 11.9. The second kappa shape index (κ2) is 4.70. The molecule has 128 valence electrons. The molecule has 0 radical (unpaired) electrons. The molecule has 4 aliphatic rings. The van der Waals surface area contributed by atoms with Crippen molar-refractivity contribution in [3.63, 3.8) is 0 Å². The van der Waals surface area contributed by atoms with Gasteiger partial charge in [-0.2, -0.15) is 0 Å². The fraction of sp³-hybridized carbons (Fsp3) is 0.850. The van der Waals surface area contributed by atoms with Crippen LogP contribution in [-0.2, 0) is 4.79 Å². The summed E-state index contributed by atoms with van der Waals surface area (Å²) in [5, 5.41) is 10.7. The number of rotatable bonds is 0. The number of hydrogen-bond donors (Lipinski definition) is 2. The number of fused-ring (bicyclic) bond motifs is 5. The first kappa shape index (κ1) is 15.8. The number of allylic oxidation sites excluding steroid dienone is 1. The predicted octanol–water partition coefficient (Wildman–Crippen LogP) is 3.21. The molecule has 0 bridgehead atoms. The summed E-state index contributed by atoms with van der Waals surface area (Å²) in [6.45, 7) is 6.82. The van der Waals surface area contributed by atoms with Gasteiger partial charge in [-0.05, 0) is 80.1 Å². The Morgan fingerprint density at radius 3 is 2.65 bits per heavy atom. The number of hydrogen-bond acceptors (Lipinski definition) is 3. The first-order chi connectivity index (χ1) is 10.7. The van der Waals surface area contributed by atoms with Gasteiger partial charge in [0.25, 0.3) is 0 Å². The topological polar surface area (TPSA) is 63.3 Å². The molecule has 3 nitrogen and oxygen atoms in total. The number of aliphatic hydroxyl groups is 1. The summed E-state index contributed by atoms with van der Waals surface area (Å²) in [6, 6.07) is 0. The van der Waals surface area contributed by atoms with Crippen LogP contribution in [0.5, 0.6) is 0 Å². The summed E-state index contributed by atoms with van der Waals surface area (Å²) in [5.41, 5.74) is 8.02. The molecular weight excluding hydrogens is 286 g/mol. The molecule has 4 aliphatic carbocycles. The van der Waals surface area contributed by atoms with Gasteiger partial charge in [0.15, 0.2) is 5.78 Å². The van der Waals surface area contributed by atoms with Crippen LogP contribution >= 0.6 is 0 Å². The second-order valence-corrected chi connectivity index (χ2v) is 9.61. The average molecular weight is 317 g/mol. The molecule has 0 aromatic carbocycles. The van der Waals surface area contributed by atoms with Crippen LogP contribution in [-0.4, -0.2) is 22.5 Å². The van der Waals surface area contributed by atoms with E-state index in [9.17, 15) is 9.90 Å². The van der Waals surface area contributed by atoms with Gasteiger partial charge in [-0.25, -0.2) is 0 Å². The lowest BCUT2D eigenvalue weighted by atomic mass is 9.46. The van der Waals surface area contributed by atoms with Crippen molar-refractivity contribution in [2.45, 2.75) is 77.4 Å². The molecule has 3 N–H and O–H groups in total. The number of nitrogens with two attached hydrogens (primary N) is 1. The van der Waals surface area contributed by atoms with E-state index < -0.39 is 0 Å². The highest BCUT2D eigenvalue weighted by Crippen LogP contribution is 2.66. The fourth-order valence-corrected chi connectivity index (χ4v) is 7.19. The van der Waals surface area contributed by atoms with Gasteiger partial charge in [-0.3, -0.25) is 4.79 Å². The van der Waals surface area contributed by atoms with E-state index in [4.69, 9.17) is 5.73 Å². The molecule has 0 aromatic heterocycles. The van der Waals surface area contributed by atoms with Crippen LogP contribution < -0.4 is 5.73 Å². The fourth-order valence-electron chi connectivity index (χ4n) is 7.19. The molecule has 3 saturated carbocycles. The highest BCUT2D eigenvalue weighted by Gasteiger charge is 2.64. The minimum absolute atomic E-state index is 0.0211. The maximum Gasteiger partial charge on any atom is 0.155 e. The zero-order valence-corrected chi connectivity index (χ0v) is 14.8. The Kier molecular flexibility index (Phi) is 3.23. The quantitative estimate of drug-likeness (QED) is 0.721. The van der Waals surface area contributed by atoms with Crippen molar-refractivity contribution >= 4 is 5.78 Å². The summed E-state index contributed by atoms with van der Waals surface area (Å²) >= 11 is 0. The Bertz CT molecular complexity index is 580. The first-order valence-electron chi connectivity index (χ1n) is 9.39. The van der Waals surface area contributed by atoms with Crippen molar-refractivity contribution < 1.29 is 9.90 Å². The van der Waals surface area contributed by atoms with Crippen molar-refractivity contribution in [3.05, 3.63) is 11.6 Å². The van der Waals surface area contributed by atoms with E-state index in [0.717, 1.165) is 32.1 Å². The monoisotopic (exact) mass is 317 g/mol. The highest BCUT2D eigenvalue weighted by molar-refractivity contribution is 5.91. The van der Waals surface area contributed by atoms with Gasteiger partial charge >= 0.3 is 0 Å². The van der Waals surface area contributed by atoms with E-state index in [0.29, 0.717) is 30.0 Å². The average Bonchev–Trinajstić information content (AvgIpc) is 2.65. The maximum absolute atomic E-state index is 11.9. The minimum atomic E-state index is -0.264. The van der Waals surface area contributed by atoms with Gasteiger partial charge in [0.1, 0.15) is 0 Å². The SMILES string of the molecule is CC1(N)C[C@H](O)[C@@]2(C)CC[C@H]3[C@@H](CCC4=CC(=O)CC[C@@]43C)[C@H]12. The van der Waals surface area contributed by atoms with Crippen molar-refractivity contribution in [1.29, 1.82) is 0 Å². The van der Waals surface area contributed by atoms with Crippen LogP contribution in [0.1, 0.15) is 65.7 Å². The van der Waals surface area contributed by atoms with Crippen molar-refractivity contribution in [2.24, 2.45) is 34.3 Å². The van der Waals surface area contributed by atoms with Gasteiger partial charge in [0, 0.05) is 12.0 Å². The van der Waals surface area contributed by atoms with E-state index in [-0.39, 0.29) is 22.5 Å². The number of ketones is 1. The van der Waals surface area contributed by atoms with E-state index in [1.807, 2.05) is 6.08 Å². The van der Waals surface area contributed by atoms with E-state index in [1.54, 1.807) is 0 Å². The van der Waals surface area contributed by atoms with E-state index in [1.165, 1.54) is 12.0 Å². The van der Waals surface area contributed by atoms with Crippen LogP contribution in [0.4, 0.5) is 0 Å². The Hall–Kier alpha value is -0.670. The molecule has 0 spiro atoms. The highest BCUT2D eigenvalue weighted by atomic mass is 16.3. The molecule has 0 aliphatic heterocycles. The van der Waals surface area contributed by atoms with Gasteiger partial charge in [-0.15, -0.1) is 0 Å². The third kappa shape index (κ3) is 1.99. The molecule has 7 atom stereocenters. The van der Waals surface area contributed by atoms with Crippen LogP contribution in [0, 0.1) is 28.6 Å². The van der Waals surface area contributed by atoms with Gasteiger partial charge < -0.3 is 10.8 Å². The van der Waals surface area contributed by atoms with Crippen molar-refractivity contribution in [3.8, 4) is 0 Å². The third-order valence-corrected chi connectivity index (χ3v) is 8.28. The van der Waals surface area contributed by atoms with Crippen molar-refractivity contribution in [1.82, 2.24) is 0 Å². The molecule has 1 unspecified atom stereocenters. The normalized spacial score (nSPS) is 55.7. The Morgan fingerprint density at radius 2 is 1.91 bits per heavy atom. The molecule has 3 fully saturated rings. The zero-order valence-electron chi connectivity index (χ0n) is 14.8. The molecule has 3 heteroatoms. The summed E-state index contributed by atoms with van der Waals surface area (Å²) in [5.74, 6) is 1.94. The number of carbonyl (C=O) groups is 1. The molecule has 0 aromatic rings. The first-order valence-corrected chi connectivity index (χ1v) is 9.39.